The van der Waals surface area contributed by atoms with E-state index < -0.39 is 5.83 Å². The van der Waals surface area contributed by atoms with Crippen LogP contribution in [0.3, 0.4) is 0 Å². The molecule has 0 aliphatic heterocycles. The van der Waals surface area contributed by atoms with Crippen LogP contribution in [0.25, 0.3) is 0 Å². The lowest BCUT2D eigenvalue weighted by Crippen LogP contribution is -2.11. The molecule has 1 aromatic carbocycles. The van der Waals surface area contributed by atoms with Crippen LogP contribution in [0.4, 0.5) is 10.1 Å². The Labute approximate surface area is 76.8 Å². The third-order valence-corrected chi connectivity index (χ3v) is 1.52. The molecule has 0 unspecified atom stereocenters. The van der Waals surface area contributed by atoms with Crippen LogP contribution in [0.2, 0.25) is 0 Å². The Balaban J connectivity index is 2.74. The number of anilines is 1. The van der Waals surface area contributed by atoms with Gasteiger partial charge in [0.2, 0.25) is 0 Å². The summed E-state index contributed by atoms with van der Waals surface area (Å²) in [6, 6.07) is 9.26. The highest BCUT2D eigenvalue weighted by molar-refractivity contribution is 6.05. The summed E-state index contributed by atoms with van der Waals surface area (Å²) in [5, 5.41) is 2.80. The molecule has 0 fully saturated rings. The summed E-state index contributed by atoms with van der Waals surface area (Å²) >= 11 is 0. The van der Waals surface area contributed by atoms with Crippen molar-refractivity contribution < 1.29 is 4.39 Å². The number of aliphatic imine (C=N–C) groups is 1. The van der Waals surface area contributed by atoms with E-state index in [0.717, 1.165) is 5.69 Å². The molecular weight excluding hydrogens is 167 g/mol. The molecule has 0 aliphatic rings. The highest BCUT2D eigenvalue weighted by Gasteiger charge is 2.01. The van der Waals surface area contributed by atoms with Crippen molar-refractivity contribution in [3.05, 3.63) is 42.7 Å². The van der Waals surface area contributed by atoms with Gasteiger partial charge in [0, 0.05) is 12.7 Å². The lowest BCUT2D eigenvalue weighted by molar-refractivity contribution is 0.684. The summed E-state index contributed by atoms with van der Waals surface area (Å²) < 4.78 is 12.7. The van der Waals surface area contributed by atoms with Crippen LogP contribution >= 0.6 is 0 Å². The Morgan fingerprint density at radius 2 is 2.00 bits per heavy atom. The van der Waals surface area contributed by atoms with Gasteiger partial charge < -0.3 is 5.32 Å². The minimum atomic E-state index is -0.564. The predicted molar refractivity (Wildman–Crippen MR) is 53.7 cm³/mol. The first-order valence-corrected chi connectivity index (χ1v) is 3.87. The molecule has 0 saturated carbocycles. The molecule has 0 aromatic heterocycles. The van der Waals surface area contributed by atoms with E-state index in [1.165, 1.54) is 7.05 Å². The molecule has 1 rings (SSSR count). The van der Waals surface area contributed by atoms with Crippen LogP contribution in [0.5, 0.6) is 0 Å². The summed E-state index contributed by atoms with van der Waals surface area (Å²) in [6.07, 6.45) is 0. The summed E-state index contributed by atoms with van der Waals surface area (Å²) in [7, 11) is 1.51. The van der Waals surface area contributed by atoms with Gasteiger partial charge in [-0.2, -0.15) is 0 Å². The number of rotatable bonds is 2. The molecule has 0 heterocycles. The lowest BCUT2D eigenvalue weighted by Gasteiger charge is -2.05. The molecule has 0 aliphatic carbocycles. The average Bonchev–Trinajstić information content (AvgIpc) is 2.15. The molecule has 1 aromatic rings. The highest BCUT2D eigenvalue weighted by atomic mass is 19.1. The molecule has 2 nitrogen and oxygen atoms in total. The molecule has 0 spiro atoms. The van der Waals surface area contributed by atoms with Crippen molar-refractivity contribution in [2.75, 3.05) is 12.4 Å². The summed E-state index contributed by atoms with van der Waals surface area (Å²) in [6.45, 7) is 3.16. The molecular formula is C10H11FN2. The van der Waals surface area contributed by atoms with Crippen LogP contribution in [-0.4, -0.2) is 12.9 Å². The van der Waals surface area contributed by atoms with Crippen molar-refractivity contribution >= 4 is 11.5 Å². The standard InChI is InChI=1S/C10H11FN2/c1-8(11)10(12-2)13-9-6-4-3-5-7-9/h3-7H,1H2,2H3,(H,12,13). The molecule has 1 N–H and O–H groups in total. The quantitative estimate of drug-likeness (QED) is 0.546. The Hall–Kier alpha value is -1.64. The van der Waals surface area contributed by atoms with E-state index in [2.05, 4.69) is 16.9 Å². The molecule has 0 saturated heterocycles. The maximum absolute atomic E-state index is 12.7. The normalized spacial score (nSPS) is 11.1. The smallest absolute Gasteiger partial charge is 0.161 e. The van der Waals surface area contributed by atoms with Crippen LogP contribution in [0.1, 0.15) is 0 Å². The van der Waals surface area contributed by atoms with E-state index in [1.807, 2.05) is 30.3 Å². The molecule has 0 amide bonds. The van der Waals surface area contributed by atoms with Gasteiger partial charge in [-0.1, -0.05) is 24.8 Å². The maximum Gasteiger partial charge on any atom is 0.161 e. The predicted octanol–water partition coefficient (Wildman–Crippen LogP) is 2.61. The van der Waals surface area contributed by atoms with Crippen molar-refractivity contribution in [3.8, 4) is 0 Å². The van der Waals surface area contributed by atoms with E-state index in [9.17, 15) is 4.39 Å². The minimum Gasteiger partial charge on any atom is -0.338 e. The Bertz CT molecular complexity index is 317. The SMILES string of the molecule is C=C(F)C(=NC)Nc1ccccc1. The Morgan fingerprint density at radius 3 is 2.46 bits per heavy atom. The van der Waals surface area contributed by atoms with E-state index >= 15 is 0 Å². The van der Waals surface area contributed by atoms with Gasteiger partial charge in [0.15, 0.2) is 11.7 Å². The van der Waals surface area contributed by atoms with Gasteiger partial charge in [0.05, 0.1) is 0 Å². The monoisotopic (exact) mass is 178 g/mol. The van der Waals surface area contributed by atoms with Crippen molar-refractivity contribution in [1.29, 1.82) is 0 Å². The average molecular weight is 178 g/mol. The van der Waals surface area contributed by atoms with Gasteiger partial charge in [0.1, 0.15) is 0 Å². The van der Waals surface area contributed by atoms with Gasteiger partial charge >= 0.3 is 0 Å². The van der Waals surface area contributed by atoms with Crippen LogP contribution in [0.15, 0.2) is 47.7 Å². The first-order valence-electron chi connectivity index (χ1n) is 3.87. The minimum absolute atomic E-state index is 0.159. The number of halogens is 1. The maximum atomic E-state index is 12.7. The topological polar surface area (TPSA) is 24.4 Å². The van der Waals surface area contributed by atoms with Gasteiger partial charge in [-0.15, -0.1) is 0 Å². The first-order chi connectivity index (χ1) is 6.24. The molecule has 3 heteroatoms. The third-order valence-electron chi connectivity index (χ3n) is 1.52. The van der Waals surface area contributed by atoms with Crippen molar-refractivity contribution in [3.63, 3.8) is 0 Å². The lowest BCUT2D eigenvalue weighted by atomic mass is 10.3. The number of hydrogen-bond acceptors (Lipinski definition) is 1. The van der Waals surface area contributed by atoms with Gasteiger partial charge in [-0.25, -0.2) is 4.39 Å². The van der Waals surface area contributed by atoms with Gasteiger partial charge in [-0.05, 0) is 12.1 Å². The summed E-state index contributed by atoms with van der Waals surface area (Å²) in [4.78, 5) is 3.71. The van der Waals surface area contributed by atoms with E-state index in [0.29, 0.717) is 0 Å². The number of para-hydroxylation sites is 1. The molecule has 13 heavy (non-hydrogen) atoms. The van der Waals surface area contributed by atoms with Crippen molar-refractivity contribution in [2.45, 2.75) is 0 Å². The zero-order valence-corrected chi connectivity index (χ0v) is 7.42. The fourth-order valence-electron chi connectivity index (χ4n) is 0.903. The number of nitrogens with zero attached hydrogens (tertiary/aromatic N) is 1. The van der Waals surface area contributed by atoms with Crippen molar-refractivity contribution in [1.82, 2.24) is 0 Å². The van der Waals surface area contributed by atoms with Crippen LogP contribution in [-0.2, 0) is 0 Å². The third kappa shape index (κ3) is 2.71. The van der Waals surface area contributed by atoms with Crippen LogP contribution in [0, 0.1) is 0 Å². The highest BCUT2D eigenvalue weighted by Crippen LogP contribution is 2.07. The second-order valence-electron chi connectivity index (χ2n) is 2.47. The van der Waals surface area contributed by atoms with Gasteiger partial charge in [-0.3, -0.25) is 4.99 Å². The van der Waals surface area contributed by atoms with E-state index in [1.54, 1.807) is 0 Å². The molecule has 0 bridgehead atoms. The fourth-order valence-corrected chi connectivity index (χ4v) is 0.903. The second-order valence-corrected chi connectivity index (χ2v) is 2.47. The number of nitrogens with one attached hydrogen (secondary N) is 1. The van der Waals surface area contributed by atoms with Gasteiger partial charge in [0.25, 0.3) is 0 Å². The Kier molecular flexibility index (Phi) is 3.20. The Morgan fingerprint density at radius 1 is 1.38 bits per heavy atom. The van der Waals surface area contributed by atoms with Crippen LogP contribution < -0.4 is 5.32 Å². The second kappa shape index (κ2) is 4.40. The van der Waals surface area contributed by atoms with E-state index in [-0.39, 0.29) is 5.84 Å². The first kappa shape index (κ1) is 9.45. The number of benzene rings is 1. The number of hydrogen-bond donors (Lipinski definition) is 1. The molecule has 0 atom stereocenters. The fraction of sp³-hybridized carbons (Fsp3) is 0.100. The summed E-state index contributed by atoms with van der Waals surface area (Å²) in [5.74, 6) is -0.405. The molecule has 0 radical (unpaired) electrons. The summed E-state index contributed by atoms with van der Waals surface area (Å²) in [5.41, 5.74) is 0.793. The van der Waals surface area contributed by atoms with E-state index in [4.69, 9.17) is 0 Å². The zero-order chi connectivity index (χ0) is 9.68. The number of amidine groups is 1. The zero-order valence-electron chi connectivity index (χ0n) is 7.42. The van der Waals surface area contributed by atoms with Crippen molar-refractivity contribution in [2.24, 2.45) is 4.99 Å². The largest absolute Gasteiger partial charge is 0.338 e. The molecule has 68 valence electrons.